The first-order valence-electron chi connectivity index (χ1n) is 9.04. The van der Waals surface area contributed by atoms with Crippen LogP contribution in [0.5, 0.6) is 5.75 Å². The fourth-order valence-corrected chi connectivity index (χ4v) is 4.78. The number of benzene rings is 2. The lowest BCUT2D eigenvalue weighted by Crippen LogP contribution is -2.20. The van der Waals surface area contributed by atoms with Crippen LogP contribution in [0.1, 0.15) is 24.0 Å². The van der Waals surface area contributed by atoms with E-state index < -0.39 is 0 Å². The van der Waals surface area contributed by atoms with Gasteiger partial charge in [0.1, 0.15) is 5.75 Å². The number of aromatic nitrogens is 1. The summed E-state index contributed by atoms with van der Waals surface area (Å²) in [6.45, 7) is -0.103. The van der Waals surface area contributed by atoms with E-state index in [1.54, 1.807) is 18.2 Å². The summed E-state index contributed by atoms with van der Waals surface area (Å²) in [4.78, 5) is 16.7. The Bertz CT molecular complexity index is 1020. The molecule has 1 aliphatic rings. The van der Waals surface area contributed by atoms with E-state index >= 15 is 0 Å². The van der Waals surface area contributed by atoms with Gasteiger partial charge in [-0.15, -0.1) is 11.3 Å². The van der Waals surface area contributed by atoms with Crippen molar-refractivity contribution >= 4 is 49.9 Å². The van der Waals surface area contributed by atoms with Gasteiger partial charge in [-0.1, -0.05) is 23.7 Å². The molecule has 0 saturated heterocycles. The van der Waals surface area contributed by atoms with Crippen molar-refractivity contribution in [1.82, 2.24) is 4.98 Å². The maximum absolute atomic E-state index is 12.2. The van der Waals surface area contributed by atoms with Crippen LogP contribution in [-0.4, -0.2) is 17.5 Å². The Morgan fingerprint density at radius 3 is 2.82 bits per heavy atom. The predicted octanol–water partition coefficient (Wildman–Crippen LogP) is 6.12. The molecule has 0 fully saturated rings. The molecule has 144 valence electrons. The number of fused-ring (bicyclic) bond motifs is 1. The molecule has 4 rings (SSSR count). The molecule has 7 heteroatoms. The van der Waals surface area contributed by atoms with E-state index in [0.29, 0.717) is 20.4 Å². The molecule has 0 saturated carbocycles. The van der Waals surface area contributed by atoms with Gasteiger partial charge in [0.15, 0.2) is 11.7 Å². The second-order valence-corrected chi connectivity index (χ2v) is 8.79. The molecule has 1 amide bonds. The summed E-state index contributed by atoms with van der Waals surface area (Å²) in [7, 11) is 0. The highest BCUT2D eigenvalue weighted by Crippen LogP contribution is 2.30. The van der Waals surface area contributed by atoms with Gasteiger partial charge in [-0.2, -0.15) is 0 Å². The molecular weight excluding hydrogens is 460 g/mol. The second-order valence-electron chi connectivity index (χ2n) is 6.64. The molecule has 1 N–H and O–H groups in total. The SMILES string of the molecule is O=C(COc1ccc(Cl)cc1Br)Nc1nc(-c2ccc3c(c2)CCCC3)cs1. The molecule has 28 heavy (non-hydrogen) atoms. The van der Waals surface area contributed by atoms with Crippen molar-refractivity contribution in [2.75, 3.05) is 11.9 Å². The smallest absolute Gasteiger partial charge is 0.264 e. The van der Waals surface area contributed by atoms with Gasteiger partial charge < -0.3 is 4.74 Å². The molecule has 4 nitrogen and oxygen atoms in total. The van der Waals surface area contributed by atoms with Crippen molar-refractivity contribution in [3.05, 3.63) is 62.4 Å². The molecule has 0 atom stereocenters. The number of aryl methyl sites for hydroxylation is 2. The Morgan fingerprint density at radius 2 is 2.00 bits per heavy atom. The second kappa shape index (κ2) is 8.64. The van der Waals surface area contributed by atoms with Gasteiger partial charge in [0.25, 0.3) is 5.91 Å². The van der Waals surface area contributed by atoms with Crippen molar-refractivity contribution < 1.29 is 9.53 Å². The molecule has 0 radical (unpaired) electrons. The van der Waals surface area contributed by atoms with Gasteiger partial charge in [-0.05, 0) is 77.0 Å². The first-order valence-corrected chi connectivity index (χ1v) is 11.1. The van der Waals surface area contributed by atoms with Gasteiger partial charge in [0.05, 0.1) is 10.2 Å². The maximum Gasteiger partial charge on any atom is 0.264 e. The van der Waals surface area contributed by atoms with Crippen LogP contribution < -0.4 is 10.1 Å². The number of carbonyl (C=O) groups is 1. The molecule has 0 bridgehead atoms. The van der Waals surface area contributed by atoms with Crippen molar-refractivity contribution in [1.29, 1.82) is 0 Å². The van der Waals surface area contributed by atoms with E-state index in [-0.39, 0.29) is 12.5 Å². The molecule has 1 heterocycles. The van der Waals surface area contributed by atoms with E-state index in [0.717, 1.165) is 24.1 Å². The quantitative estimate of drug-likeness (QED) is 0.481. The molecule has 1 aromatic heterocycles. The highest BCUT2D eigenvalue weighted by atomic mass is 79.9. The zero-order valence-electron chi connectivity index (χ0n) is 15.0. The van der Waals surface area contributed by atoms with Crippen molar-refractivity contribution in [3.63, 3.8) is 0 Å². The van der Waals surface area contributed by atoms with E-state index in [4.69, 9.17) is 16.3 Å². The molecular formula is C21H18BrClN2O2S. The number of nitrogens with zero attached hydrogens (tertiary/aromatic N) is 1. The molecule has 0 unspecified atom stereocenters. The number of amides is 1. The fraction of sp³-hybridized carbons (Fsp3) is 0.238. The van der Waals surface area contributed by atoms with Crippen LogP contribution in [0.4, 0.5) is 5.13 Å². The number of nitrogens with one attached hydrogen (secondary N) is 1. The highest BCUT2D eigenvalue weighted by molar-refractivity contribution is 9.10. The minimum absolute atomic E-state index is 0.103. The largest absolute Gasteiger partial charge is 0.483 e. The monoisotopic (exact) mass is 476 g/mol. The number of halogens is 2. The number of thiazole rings is 1. The highest BCUT2D eigenvalue weighted by Gasteiger charge is 2.13. The summed E-state index contributed by atoms with van der Waals surface area (Å²) in [5.74, 6) is 0.307. The lowest BCUT2D eigenvalue weighted by Gasteiger charge is -2.16. The average molecular weight is 478 g/mol. The zero-order valence-corrected chi connectivity index (χ0v) is 18.2. The third-order valence-corrected chi connectivity index (χ3v) is 6.26. The third kappa shape index (κ3) is 4.57. The Kier molecular flexibility index (Phi) is 5.99. The number of rotatable bonds is 5. The van der Waals surface area contributed by atoms with E-state index in [2.05, 4.69) is 44.4 Å². The van der Waals surface area contributed by atoms with Gasteiger partial charge >= 0.3 is 0 Å². The molecule has 3 aromatic rings. The lowest BCUT2D eigenvalue weighted by molar-refractivity contribution is -0.118. The summed E-state index contributed by atoms with van der Waals surface area (Å²) in [6, 6.07) is 11.7. The van der Waals surface area contributed by atoms with Crippen LogP contribution >= 0.6 is 38.9 Å². The van der Waals surface area contributed by atoms with Crippen LogP contribution in [-0.2, 0) is 17.6 Å². The lowest BCUT2D eigenvalue weighted by atomic mass is 9.90. The minimum atomic E-state index is -0.256. The summed E-state index contributed by atoms with van der Waals surface area (Å²) in [5, 5.41) is 5.93. The topological polar surface area (TPSA) is 51.2 Å². The number of ether oxygens (including phenoxy) is 1. The summed E-state index contributed by atoms with van der Waals surface area (Å²) in [6.07, 6.45) is 4.82. The van der Waals surface area contributed by atoms with Crippen molar-refractivity contribution in [3.8, 4) is 17.0 Å². The van der Waals surface area contributed by atoms with Crippen LogP contribution in [0.3, 0.4) is 0 Å². The Morgan fingerprint density at radius 1 is 1.18 bits per heavy atom. The summed E-state index contributed by atoms with van der Waals surface area (Å²) >= 11 is 10.7. The summed E-state index contributed by atoms with van der Waals surface area (Å²) in [5.41, 5.74) is 4.85. The van der Waals surface area contributed by atoms with E-state index in [9.17, 15) is 4.79 Å². The zero-order chi connectivity index (χ0) is 19.5. The van der Waals surface area contributed by atoms with Crippen LogP contribution in [0.2, 0.25) is 5.02 Å². The first-order chi connectivity index (χ1) is 13.6. The fourth-order valence-electron chi connectivity index (χ4n) is 3.25. The van der Waals surface area contributed by atoms with Crippen LogP contribution in [0.15, 0.2) is 46.3 Å². The molecule has 0 spiro atoms. The van der Waals surface area contributed by atoms with E-state index in [1.807, 2.05) is 5.38 Å². The van der Waals surface area contributed by atoms with Gasteiger partial charge in [0.2, 0.25) is 0 Å². The Hall–Kier alpha value is -1.89. The number of carbonyl (C=O) groups excluding carboxylic acids is 1. The molecule has 0 aliphatic heterocycles. The van der Waals surface area contributed by atoms with Crippen molar-refractivity contribution in [2.24, 2.45) is 0 Å². The predicted molar refractivity (Wildman–Crippen MR) is 117 cm³/mol. The first kappa shape index (κ1) is 19.4. The number of hydrogen-bond acceptors (Lipinski definition) is 4. The summed E-state index contributed by atoms with van der Waals surface area (Å²) < 4.78 is 6.24. The standard InChI is InChI=1S/C21H18BrClN2O2S/c22-17-10-16(23)7-8-19(17)27-11-20(26)25-21-24-18(12-28-21)15-6-5-13-3-1-2-4-14(13)9-15/h5-10,12H,1-4,11H2,(H,24,25,26). The normalized spacial score (nSPS) is 13.1. The minimum Gasteiger partial charge on any atom is -0.483 e. The molecule has 1 aliphatic carbocycles. The van der Waals surface area contributed by atoms with Crippen LogP contribution in [0.25, 0.3) is 11.3 Å². The number of anilines is 1. The van der Waals surface area contributed by atoms with Crippen LogP contribution in [0, 0.1) is 0 Å². The van der Waals surface area contributed by atoms with E-state index in [1.165, 1.54) is 35.3 Å². The Labute approximate surface area is 181 Å². The Balaban J connectivity index is 1.38. The van der Waals surface area contributed by atoms with Gasteiger partial charge in [-0.3, -0.25) is 10.1 Å². The number of hydrogen-bond donors (Lipinski definition) is 1. The van der Waals surface area contributed by atoms with Gasteiger partial charge in [0, 0.05) is 16.0 Å². The molecule has 2 aromatic carbocycles. The van der Waals surface area contributed by atoms with Crippen molar-refractivity contribution in [2.45, 2.75) is 25.7 Å². The van der Waals surface area contributed by atoms with Gasteiger partial charge in [-0.25, -0.2) is 4.98 Å². The third-order valence-electron chi connectivity index (χ3n) is 4.65. The average Bonchev–Trinajstić information content (AvgIpc) is 3.15. The maximum atomic E-state index is 12.2.